The molecule has 13 heavy (non-hydrogen) atoms. The smallest absolute Gasteiger partial charge is 0.383 e. The van der Waals surface area contributed by atoms with Crippen LogP contribution < -0.4 is 0 Å². The maximum atomic E-state index is 11.8. The number of aliphatic hydroxyl groups is 1. The maximum Gasteiger partial charge on any atom is 0.414 e. The van der Waals surface area contributed by atoms with E-state index in [1.807, 2.05) is 0 Å². The molecule has 1 heterocycles. The van der Waals surface area contributed by atoms with Crippen LogP contribution >= 0.6 is 0 Å². The largest absolute Gasteiger partial charge is 0.414 e. The van der Waals surface area contributed by atoms with Crippen molar-refractivity contribution in [2.45, 2.75) is 18.7 Å². The highest BCUT2D eigenvalue weighted by Crippen LogP contribution is 2.21. The van der Waals surface area contributed by atoms with E-state index in [0.29, 0.717) is 0 Å². The first-order valence-corrected chi connectivity index (χ1v) is 3.51. The third-order valence-electron chi connectivity index (χ3n) is 1.41. The van der Waals surface area contributed by atoms with Gasteiger partial charge in [0.05, 0.1) is 5.69 Å². The Morgan fingerprint density at radius 1 is 1.46 bits per heavy atom. The lowest BCUT2D eigenvalue weighted by molar-refractivity contribution is -0.203. The zero-order valence-corrected chi connectivity index (χ0v) is 6.49. The lowest BCUT2D eigenvalue weighted by Crippen LogP contribution is -2.30. The van der Waals surface area contributed by atoms with E-state index < -0.39 is 18.7 Å². The van der Waals surface area contributed by atoms with Crippen LogP contribution in [0.25, 0.3) is 0 Å². The van der Waals surface area contributed by atoms with Crippen molar-refractivity contribution in [2.24, 2.45) is 0 Å². The van der Waals surface area contributed by atoms with Gasteiger partial charge in [-0.25, -0.2) is 0 Å². The molecule has 1 aromatic rings. The highest BCUT2D eigenvalue weighted by molar-refractivity contribution is 5.01. The van der Waals surface area contributed by atoms with Gasteiger partial charge >= 0.3 is 6.18 Å². The fraction of sp³-hybridized carbons (Fsp3) is 0.429. The molecule has 6 heteroatoms. The quantitative estimate of drug-likeness (QED) is 0.758. The molecule has 0 aromatic carbocycles. The van der Waals surface area contributed by atoms with E-state index in [4.69, 9.17) is 5.11 Å². The van der Waals surface area contributed by atoms with Crippen LogP contribution in [-0.4, -0.2) is 27.6 Å². The average molecular weight is 192 g/mol. The molecule has 0 saturated heterocycles. The van der Waals surface area contributed by atoms with Crippen molar-refractivity contribution in [3.05, 3.63) is 24.0 Å². The lowest BCUT2D eigenvalue weighted by atomic mass is 10.2. The Kier molecular flexibility index (Phi) is 2.82. The highest BCUT2D eigenvalue weighted by atomic mass is 19.4. The van der Waals surface area contributed by atoms with Gasteiger partial charge in [-0.3, -0.25) is 0 Å². The standard InChI is InChI=1S/C7H7F3N2O/c8-7(9,10)6(13)4-5-2-1-3-11-12-5/h1-3,6,13H,4H2. The number of halogens is 3. The zero-order valence-electron chi connectivity index (χ0n) is 6.49. The second-order valence-electron chi connectivity index (χ2n) is 2.48. The third-order valence-corrected chi connectivity index (χ3v) is 1.41. The SMILES string of the molecule is OC(Cc1cccnn1)C(F)(F)F. The number of aromatic nitrogens is 2. The molecular weight excluding hydrogens is 185 g/mol. The minimum absolute atomic E-state index is 0.118. The van der Waals surface area contributed by atoms with E-state index in [-0.39, 0.29) is 5.69 Å². The molecule has 3 nitrogen and oxygen atoms in total. The number of aliphatic hydroxyl groups excluding tert-OH is 1. The molecule has 0 bridgehead atoms. The molecule has 1 N–H and O–H groups in total. The Balaban J connectivity index is 2.61. The van der Waals surface area contributed by atoms with E-state index in [0.717, 1.165) is 0 Å². The Hall–Kier alpha value is -1.17. The van der Waals surface area contributed by atoms with Crippen molar-refractivity contribution < 1.29 is 18.3 Å². The van der Waals surface area contributed by atoms with Crippen molar-refractivity contribution in [3.8, 4) is 0 Å². The summed E-state index contributed by atoms with van der Waals surface area (Å²) in [6, 6.07) is 2.84. The van der Waals surface area contributed by atoms with Crippen LogP contribution in [-0.2, 0) is 6.42 Å². The normalized spacial score (nSPS) is 14.2. The fourth-order valence-electron chi connectivity index (χ4n) is 0.756. The summed E-state index contributed by atoms with van der Waals surface area (Å²) in [6.45, 7) is 0. The Morgan fingerprint density at radius 3 is 2.62 bits per heavy atom. The third kappa shape index (κ3) is 2.98. The second kappa shape index (κ2) is 3.69. The fourth-order valence-corrected chi connectivity index (χ4v) is 0.756. The highest BCUT2D eigenvalue weighted by Gasteiger charge is 2.38. The van der Waals surface area contributed by atoms with Gasteiger partial charge in [0, 0.05) is 12.6 Å². The van der Waals surface area contributed by atoms with E-state index in [1.165, 1.54) is 18.3 Å². The average Bonchev–Trinajstić information content (AvgIpc) is 2.04. The molecule has 1 aromatic heterocycles. The lowest BCUT2D eigenvalue weighted by Gasteiger charge is -2.12. The van der Waals surface area contributed by atoms with Crippen LogP contribution in [0.15, 0.2) is 18.3 Å². The van der Waals surface area contributed by atoms with Crippen LogP contribution in [0.2, 0.25) is 0 Å². The molecule has 0 amide bonds. The van der Waals surface area contributed by atoms with Crippen LogP contribution in [0.1, 0.15) is 5.69 Å². The number of rotatable bonds is 2. The van der Waals surface area contributed by atoms with Gasteiger partial charge < -0.3 is 5.11 Å². The number of alkyl halides is 3. The van der Waals surface area contributed by atoms with Gasteiger partial charge in [-0.2, -0.15) is 23.4 Å². The first kappa shape index (κ1) is 9.91. The van der Waals surface area contributed by atoms with Crippen molar-refractivity contribution in [2.75, 3.05) is 0 Å². The van der Waals surface area contributed by atoms with E-state index in [9.17, 15) is 13.2 Å². The molecule has 1 rings (SSSR count). The van der Waals surface area contributed by atoms with Gasteiger partial charge in [-0.15, -0.1) is 0 Å². The predicted octanol–water partition coefficient (Wildman–Crippen LogP) is 0.942. The zero-order chi connectivity index (χ0) is 9.90. The minimum atomic E-state index is -4.60. The van der Waals surface area contributed by atoms with Gasteiger partial charge in [0.2, 0.25) is 0 Å². The number of hydrogen-bond acceptors (Lipinski definition) is 3. The van der Waals surface area contributed by atoms with Crippen molar-refractivity contribution in [1.29, 1.82) is 0 Å². The first-order chi connectivity index (χ1) is 6.00. The molecule has 0 aliphatic heterocycles. The van der Waals surface area contributed by atoms with E-state index >= 15 is 0 Å². The summed E-state index contributed by atoms with van der Waals surface area (Å²) < 4.78 is 35.5. The van der Waals surface area contributed by atoms with Gasteiger partial charge in [-0.05, 0) is 12.1 Å². The molecule has 0 aliphatic rings. The monoisotopic (exact) mass is 192 g/mol. The summed E-state index contributed by atoms with van der Waals surface area (Å²) >= 11 is 0. The van der Waals surface area contributed by atoms with Crippen LogP contribution in [0.4, 0.5) is 13.2 Å². The minimum Gasteiger partial charge on any atom is -0.383 e. The summed E-state index contributed by atoms with van der Waals surface area (Å²) in [4.78, 5) is 0. The maximum absolute atomic E-state index is 11.8. The number of nitrogens with zero attached hydrogens (tertiary/aromatic N) is 2. The molecule has 0 aliphatic carbocycles. The summed E-state index contributed by atoms with van der Waals surface area (Å²) in [7, 11) is 0. The van der Waals surface area contributed by atoms with Gasteiger partial charge in [0.1, 0.15) is 0 Å². The van der Waals surface area contributed by atoms with Gasteiger partial charge in [0.15, 0.2) is 6.10 Å². The summed E-state index contributed by atoms with van der Waals surface area (Å²) in [5, 5.41) is 15.5. The molecule has 72 valence electrons. The van der Waals surface area contributed by atoms with Crippen molar-refractivity contribution in [1.82, 2.24) is 10.2 Å². The van der Waals surface area contributed by atoms with Crippen LogP contribution in [0.5, 0.6) is 0 Å². The molecule has 0 saturated carbocycles. The second-order valence-corrected chi connectivity index (χ2v) is 2.48. The van der Waals surface area contributed by atoms with Crippen LogP contribution in [0.3, 0.4) is 0 Å². The summed E-state index contributed by atoms with van der Waals surface area (Å²) in [5.41, 5.74) is 0.118. The molecule has 0 spiro atoms. The Labute approximate surface area is 72.2 Å². The Morgan fingerprint density at radius 2 is 2.15 bits per heavy atom. The van der Waals surface area contributed by atoms with Crippen molar-refractivity contribution >= 4 is 0 Å². The van der Waals surface area contributed by atoms with Gasteiger partial charge in [0.25, 0.3) is 0 Å². The molecule has 0 radical (unpaired) electrons. The van der Waals surface area contributed by atoms with Gasteiger partial charge in [-0.1, -0.05) is 0 Å². The summed E-state index contributed by atoms with van der Waals surface area (Å²) in [5.74, 6) is 0. The Bertz CT molecular complexity index is 262. The summed E-state index contributed by atoms with van der Waals surface area (Å²) in [6.07, 6.45) is -6.18. The van der Waals surface area contributed by atoms with Crippen LogP contribution in [0, 0.1) is 0 Å². The number of hydrogen-bond donors (Lipinski definition) is 1. The van der Waals surface area contributed by atoms with E-state index in [2.05, 4.69) is 10.2 Å². The predicted molar refractivity (Wildman–Crippen MR) is 37.8 cm³/mol. The molecule has 1 unspecified atom stereocenters. The molecule has 1 atom stereocenters. The van der Waals surface area contributed by atoms with E-state index in [1.54, 1.807) is 0 Å². The topological polar surface area (TPSA) is 46.0 Å². The van der Waals surface area contributed by atoms with Crippen molar-refractivity contribution in [3.63, 3.8) is 0 Å². The molecular formula is C7H7F3N2O. The molecule has 0 fully saturated rings. The first-order valence-electron chi connectivity index (χ1n) is 3.51.